The SMILES string of the molecule is Cc1ccc(CSc2nnc(N3C(=O)C(=O)/C(=C(\O)c4ccc(C)cc4)C3c3ccc(OCc4ccccc4)cc3)s2)cc1. The smallest absolute Gasteiger partial charge is 0.301 e. The normalized spacial score (nSPS) is 16.0. The van der Waals surface area contributed by atoms with Gasteiger partial charge in [-0.3, -0.25) is 14.5 Å². The number of hydrogen-bond donors (Lipinski definition) is 1. The van der Waals surface area contributed by atoms with Gasteiger partial charge in [0.15, 0.2) is 4.34 Å². The molecule has 1 fully saturated rings. The van der Waals surface area contributed by atoms with Gasteiger partial charge in [0.2, 0.25) is 5.13 Å². The first kappa shape index (κ1) is 29.3. The van der Waals surface area contributed by atoms with Crippen LogP contribution in [-0.4, -0.2) is 27.0 Å². The van der Waals surface area contributed by atoms with E-state index < -0.39 is 17.7 Å². The summed E-state index contributed by atoms with van der Waals surface area (Å²) in [5.74, 6) is -0.451. The number of aromatic nitrogens is 2. The van der Waals surface area contributed by atoms with Gasteiger partial charge in [-0.15, -0.1) is 10.2 Å². The van der Waals surface area contributed by atoms with Crippen LogP contribution >= 0.6 is 23.1 Å². The zero-order valence-electron chi connectivity index (χ0n) is 24.1. The number of ketones is 1. The minimum Gasteiger partial charge on any atom is -0.507 e. The number of carbonyl (C=O) groups excluding carboxylic acids is 2. The summed E-state index contributed by atoms with van der Waals surface area (Å²) >= 11 is 2.75. The standard InChI is InChI=1S/C35H29N3O4S2/c1-22-8-12-25(13-9-22)21-43-35-37-36-34(44-35)38-30(26-16-18-28(19-17-26)42-20-24-6-4-3-5-7-24)29(32(40)33(38)41)31(39)27-14-10-23(2)11-15-27/h3-19,30,39H,20-21H2,1-2H3/b31-29-. The molecule has 5 aromatic rings. The van der Waals surface area contributed by atoms with E-state index in [4.69, 9.17) is 4.74 Å². The van der Waals surface area contributed by atoms with Crippen molar-refractivity contribution in [2.24, 2.45) is 0 Å². The Hall–Kier alpha value is -4.73. The molecule has 1 unspecified atom stereocenters. The van der Waals surface area contributed by atoms with Gasteiger partial charge in [0.1, 0.15) is 18.1 Å². The molecule has 1 aliphatic heterocycles. The number of rotatable bonds is 9. The van der Waals surface area contributed by atoms with E-state index in [0.717, 1.165) is 16.7 Å². The quantitative estimate of drug-likeness (QED) is 0.0596. The molecule has 9 heteroatoms. The maximum atomic E-state index is 13.6. The largest absolute Gasteiger partial charge is 0.507 e. The third kappa shape index (κ3) is 6.29. The second-order valence-electron chi connectivity index (χ2n) is 10.5. The van der Waals surface area contributed by atoms with Crippen molar-refractivity contribution >= 4 is 45.7 Å². The fourth-order valence-corrected chi connectivity index (χ4v) is 6.71. The molecule has 0 saturated carbocycles. The maximum Gasteiger partial charge on any atom is 0.301 e. The van der Waals surface area contributed by atoms with Gasteiger partial charge < -0.3 is 9.84 Å². The van der Waals surface area contributed by atoms with Crippen LogP contribution < -0.4 is 9.64 Å². The number of anilines is 1. The lowest BCUT2D eigenvalue weighted by molar-refractivity contribution is -0.132. The summed E-state index contributed by atoms with van der Waals surface area (Å²) < 4.78 is 6.63. The van der Waals surface area contributed by atoms with Crippen LogP contribution in [0.5, 0.6) is 5.75 Å². The van der Waals surface area contributed by atoms with Crippen LogP contribution in [0.3, 0.4) is 0 Å². The van der Waals surface area contributed by atoms with Crippen LogP contribution in [-0.2, 0) is 21.9 Å². The van der Waals surface area contributed by atoms with E-state index in [0.29, 0.717) is 33.6 Å². The number of hydrogen-bond acceptors (Lipinski definition) is 8. The van der Waals surface area contributed by atoms with Crippen molar-refractivity contribution in [2.45, 2.75) is 36.6 Å². The van der Waals surface area contributed by atoms with Crippen LogP contribution in [0.1, 0.15) is 39.4 Å². The van der Waals surface area contributed by atoms with E-state index in [1.165, 1.54) is 33.6 Å². The lowest BCUT2D eigenvalue weighted by Gasteiger charge is -2.22. The van der Waals surface area contributed by atoms with Gasteiger partial charge in [-0.05, 0) is 42.7 Å². The lowest BCUT2D eigenvalue weighted by Crippen LogP contribution is -2.29. The Morgan fingerprint density at radius 2 is 1.50 bits per heavy atom. The summed E-state index contributed by atoms with van der Waals surface area (Å²) in [5, 5.41) is 20.3. The first-order valence-electron chi connectivity index (χ1n) is 14.0. The Labute approximate surface area is 263 Å². The van der Waals surface area contributed by atoms with Gasteiger partial charge in [-0.25, -0.2) is 0 Å². The van der Waals surface area contributed by atoms with Gasteiger partial charge in [0.05, 0.1) is 11.6 Å². The monoisotopic (exact) mass is 619 g/mol. The first-order valence-corrected chi connectivity index (χ1v) is 15.8. The van der Waals surface area contributed by atoms with Crippen LogP contribution in [0.15, 0.2) is 113 Å². The molecule has 4 aromatic carbocycles. The predicted octanol–water partition coefficient (Wildman–Crippen LogP) is 7.65. The number of ether oxygens (including phenoxy) is 1. The molecule has 1 N–H and O–H groups in total. The number of nitrogens with zero attached hydrogens (tertiary/aromatic N) is 3. The summed E-state index contributed by atoms with van der Waals surface area (Å²) in [6.07, 6.45) is 0. The Morgan fingerprint density at radius 1 is 0.841 bits per heavy atom. The fraction of sp³-hybridized carbons (Fsp3) is 0.143. The van der Waals surface area contributed by atoms with Crippen molar-refractivity contribution in [3.63, 3.8) is 0 Å². The van der Waals surface area contributed by atoms with E-state index in [1.54, 1.807) is 36.4 Å². The number of thioether (sulfide) groups is 1. The minimum atomic E-state index is -0.901. The second kappa shape index (κ2) is 12.9. The molecule has 2 heterocycles. The molecule has 44 heavy (non-hydrogen) atoms. The molecule has 0 aliphatic carbocycles. The molecule has 0 bridgehead atoms. The van der Waals surface area contributed by atoms with Crippen LogP contribution in [0, 0.1) is 13.8 Å². The van der Waals surface area contributed by atoms with Gasteiger partial charge in [-0.2, -0.15) is 0 Å². The number of aliphatic hydroxyl groups is 1. The van der Waals surface area contributed by atoms with Crippen molar-refractivity contribution in [3.8, 4) is 5.75 Å². The van der Waals surface area contributed by atoms with E-state index in [1.807, 2.05) is 56.3 Å². The Morgan fingerprint density at radius 3 is 2.18 bits per heavy atom. The highest BCUT2D eigenvalue weighted by Crippen LogP contribution is 2.44. The lowest BCUT2D eigenvalue weighted by atomic mass is 9.95. The molecule has 7 nitrogen and oxygen atoms in total. The van der Waals surface area contributed by atoms with Gasteiger partial charge in [0, 0.05) is 11.3 Å². The Bertz CT molecular complexity index is 1820. The highest BCUT2D eigenvalue weighted by molar-refractivity contribution is 8.00. The number of amides is 1. The summed E-state index contributed by atoms with van der Waals surface area (Å²) in [7, 11) is 0. The van der Waals surface area contributed by atoms with E-state index in [2.05, 4.69) is 34.5 Å². The van der Waals surface area contributed by atoms with Crippen LogP contribution in [0.2, 0.25) is 0 Å². The highest BCUT2D eigenvalue weighted by Gasteiger charge is 2.48. The summed E-state index contributed by atoms with van der Waals surface area (Å²) in [6.45, 7) is 4.39. The number of Topliss-reactive ketones (excluding diaryl/α,β-unsaturated/α-hetero) is 1. The van der Waals surface area contributed by atoms with Crippen molar-refractivity contribution in [1.82, 2.24) is 10.2 Å². The molecule has 1 atom stereocenters. The third-order valence-corrected chi connectivity index (χ3v) is 9.43. The summed E-state index contributed by atoms with van der Waals surface area (Å²) in [4.78, 5) is 28.5. The van der Waals surface area contributed by atoms with E-state index in [-0.39, 0.29) is 16.5 Å². The average molecular weight is 620 g/mol. The second-order valence-corrected chi connectivity index (χ2v) is 12.7. The highest BCUT2D eigenvalue weighted by atomic mass is 32.2. The molecule has 220 valence electrons. The molecule has 1 aliphatic rings. The maximum absolute atomic E-state index is 13.6. The summed E-state index contributed by atoms with van der Waals surface area (Å²) in [6, 6.07) is 31.6. The zero-order chi connectivity index (χ0) is 30.6. The van der Waals surface area contributed by atoms with Gasteiger partial charge in [0.25, 0.3) is 5.78 Å². The van der Waals surface area contributed by atoms with Gasteiger partial charge in [-0.1, -0.05) is 125 Å². The molecular formula is C35H29N3O4S2. The summed E-state index contributed by atoms with van der Waals surface area (Å²) in [5.41, 5.74) is 5.46. The third-order valence-electron chi connectivity index (χ3n) is 7.30. The van der Waals surface area contributed by atoms with Crippen molar-refractivity contribution in [2.75, 3.05) is 4.90 Å². The molecule has 0 spiro atoms. The number of aryl methyl sites for hydroxylation is 2. The van der Waals surface area contributed by atoms with Gasteiger partial charge >= 0.3 is 5.91 Å². The van der Waals surface area contributed by atoms with E-state index >= 15 is 0 Å². The van der Waals surface area contributed by atoms with E-state index in [9.17, 15) is 14.7 Å². The molecule has 6 rings (SSSR count). The Balaban J connectivity index is 1.33. The van der Waals surface area contributed by atoms with Crippen LogP contribution in [0.25, 0.3) is 5.76 Å². The Kier molecular flexibility index (Phi) is 8.58. The number of carbonyl (C=O) groups is 2. The molecule has 0 radical (unpaired) electrons. The fourth-order valence-electron chi connectivity index (χ4n) is 4.89. The zero-order valence-corrected chi connectivity index (χ0v) is 25.8. The number of benzene rings is 4. The topological polar surface area (TPSA) is 92.6 Å². The van der Waals surface area contributed by atoms with Crippen molar-refractivity contribution in [3.05, 3.63) is 142 Å². The molecule has 1 saturated heterocycles. The molecule has 1 aromatic heterocycles. The van der Waals surface area contributed by atoms with Crippen molar-refractivity contribution in [1.29, 1.82) is 0 Å². The average Bonchev–Trinajstić information content (AvgIpc) is 3.62. The first-order chi connectivity index (χ1) is 21.4. The molecule has 1 amide bonds. The number of aliphatic hydroxyl groups excluding tert-OH is 1. The van der Waals surface area contributed by atoms with Crippen LogP contribution in [0.4, 0.5) is 5.13 Å². The van der Waals surface area contributed by atoms with Crippen molar-refractivity contribution < 1.29 is 19.4 Å². The predicted molar refractivity (Wildman–Crippen MR) is 174 cm³/mol. The molecular weight excluding hydrogens is 591 g/mol. The minimum absolute atomic E-state index is 0.000801.